The molecule has 59 heavy (non-hydrogen) atoms. The molecule has 10 N–H and O–H groups in total. The number of primary amides is 1. The monoisotopic (exact) mass is 1110 g/mol. The Hall–Kier alpha value is -3.17. The minimum atomic E-state index is -1.17. The second-order valence-corrected chi connectivity index (χ2v) is 13.5. The van der Waals surface area contributed by atoms with Crippen LogP contribution in [0.5, 0.6) is 0 Å². The summed E-state index contributed by atoms with van der Waals surface area (Å²) in [5.41, 5.74) is 7.01. The fraction of sp³-hybridized carbons (Fsp3) is 0.526. The largest absolute Gasteiger partial charge is 0.380 e. The van der Waals surface area contributed by atoms with Crippen molar-refractivity contribution >= 4 is 58.2 Å². The molecule has 2 aromatic rings. The Labute approximate surface area is 409 Å². The zero-order chi connectivity index (χ0) is 42.3. The van der Waals surface area contributed by atoms with E-state index in [9.17, 15) is 38.4 Å². The number of para-hydroxylation sites is 1. The Balaban J connectivity index is 0.0000168. The molecule has 1 aromatic heterocycles. The molecule has 8 amide bonds. The zero-order valence-corrected chi connectivity index (χ0v) is 38.2. The van der Waals surface area contributed by atoms with Gasteiger partial charge in [0.15, 0.2) is 0 Å². The van der Waals surface area contributed by atoms with Gasteiger partial charge in [0.05, 0.1) is 31.6 Å². The van der Waals surface area contributed by atoms with Crippen LogP contribution in [0.4, 0.5) is 0 Å². The number of ether oxygens (including phenoxy) is 1. The van der Waals surface area contributed by atoms with Crippen molar-refractivity contribution in [2.45, 2.75) is 64.6 Å². The van der Waals surface area contributed by atoms with Crippen LogP contribution >= 0.6 is 0 Å². The number of carbonyl (C=O) groups excluding carboxylic acids is 8. The Kier molecular flexibility index (Phi) is 29.1. The van der Waals surface area contributed by atoms with E-state index < -0.39 is 59.5 Å². The molecule has 0 aliphatic carbocycles. The fourth-order valence-electron chi connectivity index (χ4n) is 5.72. The molecule has 0 spiro atoms. The maximum atomic E-state index is 13.7. The SMILES string of the molecule is [CH2-]C(=O)NCCN(CCNC([CH2-])=O)CC(=O)NCCOCCNC(=O)[C@H](CCC(N)=O)NC(=O)[C@@H](NC(=O)[C@H](Cc1c[nH]c2ccccc12)NC(C)=O)C(C)CC.[Gd].[Gd]. The predicted octanol–water partition coefficient (Wildman–Crippen LogP) is -2.05. The van der Waals surface area contributed by atoms with Crippen molar-refractivity contribution < 1.29 is 123 Å². The number of H-pyrrole nitrogens is 1. The first-order chi connectivity index (χ1) is 27.1. The first-order valence-electron chi connectivity index (χ1n) is 18.9. The maximum Gasteiger partial charge on any atom is 0.243 e. The molecule has 19 nitrogen and oxygen atoms in total. The average Bonchev–Trinajstić information content (AvgIpc) is 3.56. The number of nitrogens with two attached hydrogens (primary N) is 1. The predicted molar refractivity (Wildman–Crippen MR) is 211 cm³/mol. The molecule has 0 saturated heterocycles. The Bertz CT molecular complexity index is 1660. The summed E-state index contributed by atoms with van der Waals surface area (Å²) < 4.78 is 5.53. The molecule has 1 unspecified atom stereocenters. The van der Waals surface area contributed by atoms with Crippen molar-refractivity contribution in [3.8, 4) is 0 Å². The standard InChI is InChI=1S/C38H58N10O9.2Gd/c1-6-24(2)35(47-37(55)32(45-27(5)51)21-28-22-44-30-10-8-7-9-29(28)30)38(56)46-31(11-12-33(39)52)36(54)43-16-20-57-19-15-42-34(53)23-48(17-13-40-25(3)49)18-14-41-26(4)50;;/h7-10,22,24,31-32,35,44H,3-4,6,11-21,23H2,1-2,5H3,(H2,39,52)(H,40,49)(H,41,50)(H,42,53)(H,43,54)(H,45,51)(H,46,56)(H,47,55);;/q-2;;/t24?,31-,32-,35-;;/m0../s1. The van der Waals surface area contributed by atoms with E-state index >= 15 is 0 Å². The molecule has 0 fully saturated rings. The van der Waals surface area contributed by atoms with Crippen molar-refractivity contribution in [1.82, 2.24) is 47.1 Å². The van der Waals surface area contributed by atoms with Gasteiger partial charge in [-0.2, -0.15) is 0 Å². The van der Waals surface area contributed by atoms with Crippen molar-refractivity contribution in [1.29, 1.82) is 0 Å². The van der Waals surface area contributed by atoms with Crippen molar-refractivity contribution in [2.24, 2.45) is 11.7 Å². The van der Waals surface area contributed by atoms with Crippen molar-refractivity contribution in [2.75, 3.05) is 59.0 Å². The number of aromatic amines is 1. The Morgan fingerprint density at radius 3 is 1.98 bits per heavy atom. The third-order valence-corrected chi connectivity index (χ3v) is 8.88. The second kappa shape index (κ2) is 30.8. The minimum absolute atomic E-state index is 0. The van der Waals surface area contributed by atoms with Crippen LogP contribution in [0.25, 0.3) is 10.9 Å². The zero-order valence-electron chi connectivity index (χ0n) is 33.7. The molecule has 0 saturated carbocycles. The molecule has 0 aliphatic rings. The topological polar surface area (TPSA) is 275 Å². The van der Waals surface area contributed by atoms with Gasteiger partial charge in [0.2, 0.25) is 35.4 Å². The van der Waals surface area contributed by atoms with Crippen LogP contribution in [-0.2, 0) is 49.5 Å². The van der Waals surface area contributed by atoms with Gasteiger partial charge in [0.1, 0.15) is 18.1 Å². The number of amides is 8. The third-order valence-electron chi connectivity index (χ3n) is 8.88. The summed E-state index contributed by atoms with van der Waals surface area (Å²) in [6.07, 6.45) is 2.11. The first-order valence-corrected chi connectivity index (χ1v) is 18.9. The Morgan fingerprint density at radius 1 is 0.797 bits per heavy atom. The van der Waals surface area contributed by atoms with Crippen LogP contribution in [0.15, 0.2) is 30.5 Å². The average molecular weight is 1110 g/mol. The number of aromatic nitrogens is 1. The van der Waals surface area contributed by atoms with Crippen LogP contribution in [0.1, 0.15) is 45.6 Å². The number of hydrogen-bond acceptors (Lipinski definition) is 10. The van der Waals surface area contributed by atoms with Crippen molar-refractivity contribution in [3.63, 3.8) is 0 Å². The summed E-state index contributed by atoms with van der Waals surface area (Å²) in [5.74, 6) is -4.53. The van der Waals surface area contributed by atoms with Gasteiger partial charge in [-0.25, -0.2) is 0 Å². The quantitative estimate of drug-likeness (QED) is 0.0349. The van der Waals surface area contributed by atoms with E-state index in [1.54, 1.807) is 18.0 Å². The fourth-order valence-corrected chi connectivity index (χ4v) is 5.72. The van der Waals surface area contributed by atoms with Gasteiger partial charge in [-0.1, -0.05) is 38.5 Å². The number of rotatable bonds is 27. The number of nitrogens with one attached hydrogen (secondary N) is 8. The van der Waals surface area contributed by atoms with Crippen LogP contribution in [0.2, 0.25) is 0 Å². The van der Waals surface area contributed by atoms with Gasteiger partial charge < -0.3 is 76.1 Å². The van der Waals surface area contributed by atoms with E-state index in [1.165, 1.54) is 6.92 Å². The molecule has 4 atom stereocenters. The summed E-state index contributed by atoms with van der Waals surface area (Å²) in [4.78, 5) is 104. The van der Waals surface area contributed by atoms with Gasteiger partial charge in [0, 0.05) is 156 Å². The van der Waals surface area contributed by atoms with E-state index in [-0.39, 0.29) is 157 Å². The second-order valence-electron chi connectivity index (χ2n) is 13.5. The number of hydrogen-bond donors (Lipinski definition) is 9. The Morgan fingerprint density at radius 2 is 1.41 bits per heavy atom. The van der Waals surface area contributed by atoms with Gasteiger partial charge in [0.25, 0.3) is 0 Å². The van der Waals surface area contributed by atoms with E-state index in [2.05, 4.69) is 56.0 Å². The van der Waals surface area contributed by atoms with Crippen LogP contribution in [-0.4, -0.2) is 134 Å². The molecule has 21 heteroatoms. The molecule has 2 rings (SSSR count). The summed E-state index contributed by atoms with van der Waals surface area (Å²) in [6, 6.07) is 4.28. The normalized spacial score (nSPS) is 12.6. The van der Waals surface area contributed by atoms with Crippen LogP contribution in [0, 0.1) is 99.6 Å². The molecular weight excluding hydrogens is 1050 g/mol. The minimum Gasteiger partial charge on any atom is -0.380 e. The molecule has 1 aromatic carbocycles. The van der Waals surface area contributed by atoms with Gasteiger partial charge in [-0.05, 0) is 24.0 Å². The van der Waals surface area contributed by atoms with Crippen LogP contribution in [0.3, 0.4) is 0 Å². The third kappa shape index (κ3) is 22.9. The van der Waals surface area contributed by atoms with Gasteiger partial charge in [-0.15, -0.1) is 0 Å². The summed E-state index contributed by atoms with van der Waals surface area (Å²) in [6.45, 7) is 13.0. The number of nitrogens with zero attached hydrogens (tertiary/aromatic N) is 1. The van der Waals surface area contributed by atoms with Crippen molar-refractivity contribution in [3.05, 3.63) is 49.9 Å². The summed E-state index contributed by atoms with van der Waals surface area (Å²) in [5, 5.41) is 19.5. The molecule has 0 aliphatic heterocycles. The van der Waals surface area contributed by atoms with Gasteiger partial charge in [-0.3, -0.25) is 33.7 Å². The molecule has 0 bridgehead atoms. The van der Waals surface area contributed by atoms with E-state index in [1.807, 2.05) is 31.2 Å². The molecule has 332 valence electrons. The smallest absolute Gasteiger partial charge is 0.243 e. The molecular formula is C38H58Gd2N10O9-2. The van der Waals surface area contributed by atoms with E-state index in [0.29, 0.717) is 19.5 Å². The van der Waals surface area contributed by atoms with E-state index in [0.717, 1.165) is 16.5 Å². The first kappa shape index (κ1) is 55.8. The van der Waals surface area contributed by atoms with Crippen LogP contribution < -0.4 is 43.0 Å². The maximum absolute atomic E-state index is 13.7. The van der Waals surface area contributed by atoms with Gasteiger partial charge >= 0.3 is 0 Å². The number of fused-ring (bicyclic) bond motifs is 1. The van der Waals surface area contributed by atoms with E-state index in [4.69, 9.17) is 10.5 Å². The molecule has 0 radical (unpaired) electrons. The summed E-state index contributed by atoms with van der Waals surface area (Å²) >= 11 is 0. The summed E-state index contributed by atoms with van der Waals surface area (Å²) in [7, 11) is 0. The number of carbonyl (C=O) groups is 8. The molecule has 1 heterocycles. The number of benzene rings is 1.